The molecule has 0 radical (unpaired) electrons. The van der Waals surface area contributed by atoms with Crippen LogP contribution in [0.1, 0.15) is 32.8 Å². The quantitative estimate of drug-likeness (QED) is 0.795. The van der Waals surface area contributed by atoms with Gasteiger partial charge < -0.3 is 0 Å². The molecule has 0 aliphatic carbocycles. The number of rotatable bonds is 1. The van der Waals surface area contributed by atoms with Crippen molar-refractivity contribution in [3.05, 3.63) is 16.0 Å². The Kier molecular flexibility index (Phi) is 3.13. The Hall–Kier alpha value is -0.390. The number of hydrogen-bond acceptors (Lipinski definition) is 3. The van der Waals surface area contributed by atoms with E-state index in [1.54, 1.807) is 6.07 Å². The van der Waals surface area contributed by atoms with Gasteiger partial charge in [-0.05, 0) is 23.5 Å². The van der Waals surface area contributed by atoms with Crippen LogP contribution in [0.5, 0.6) is 0 Å². The van der Waals surface area contributed by atoms with E-state index < -0.39 is 10.0 Å². The molecule has 6 heteroatoms. The summed E-state index contributed by atoms with van der Waals surface area (Å²) in [7, 11) is -3.52. The van der Waals surface area contributed by atoms with E-state index in [9.17, 15) is 8.42 Å². The van der Waals surface area contributed by atoms with Gasteiger partial charge in [0.25, 0.3) is 10.0 Å². The van der Waals surface area contributed by atoms with Crippen LogP contribution in [0, 0.1) is 5.41 Å². The van der Waals surface area contributed by atoms with Crippen LogP contribution in [0.4, 0.5) is 0 Å². The molecule has 0 fully saturated rings. The highest BCUT2D eigenvalue weighted by atomic mass is 35.5. The van der Waals surface area contributed by atoms with E-state index in [0.717, 1.165) is 22.6 Å². The molecule has 1 aromatic heterocycles. The number of sulfonamides is 1. The Bertz CT molecular complexity index is 579. The van der Waals surface area contributed by atoms with Gasteiger partial charge in [0.2, 0.25) is 0 Å². The Balaban J connectivity index is 2.41. The van der Waals surface area contributed by atoms with Crippen molar-refractivity contribution in [2.75, 3.05) is 0 Å². The number of fused-ring (bicyclic) bond motifs is 1. The normalized spacial score (nSPS) is 18.7. The molecule has 0 bridgehead atoms. The van der Waals surface area contributed by atoms with Crippen LogP contribution in [-0.4, -0.2) is 14.1 Å². The molecule has 0 unspecified atom stereocenters. The van der Waals surface area contributed by atoms with Crippen molar-refractivity contribution < 1.29 is 8.42 Å². The molecule has 0 saturated carbocycles. The van der Waals surface area contributed by atoms with E-state index in [1.807, 2.05) is 0 Å². The van der Waals surface area contributed by atoms with Crippen LogP contribution >= 0.6 is 22.9 Å². The number of nitrogens with zero attached hydrogens (tertiary/aromatic N) is 1. The second kappa shape index (κ2) is 4.07. The lowest BCUT2D eigenvalue weighted by Gasteiger charge is -2.21. The lowest BCUT2D eigenvalue weighted by atomic mass is 9.88. The summed E-state index contributed by atoms with van der Waals surface area (Å²) >= 11 is 6.95. The monoisotopic (exact) mass is 291 g/mol. The maximum absolute atomic E-state index is 11.9. The molecule has 94 valence electrons. The maximum Gasteiger partial charge on any atom is 0.292 e. The predicted octanol–water partition coefficient (Wildman–Crippen LogP) is 3.52. The second-order valence-corrected chi connectivity index (χ2v) is 8.89. The third kappa shape index (κ3) is 2.89. The molecular formula is C11H14ClNO2S2. The summed E-state index contributed by atoms with van der Waals surface area (Å²) in [6.07, 6.45) is 1.27. The van der Waals surface area contributed by atoms with E-state index in [-0.39, 0.29) is 5.41 Å². The minimum atomic E-state index is -3.52. The molecule has 2 rings (SSSR count). The molecule has 1 aliphatic rings. The van der Waals surface area contributed by atoms with Gasteiger partial charge in [-0.2, -0.15) is 12.8 Å². The van der Waals surface area contributed by atoms with Crippen LogP contribution < -0.4 is 0 Å². The molecule has 0 atom stereocenters. The van der Waals surface area contributed by atoms with Gasteiger partial charge in [0.1, 0.15) is 4.21 Å². The highest BCUT2D eigenvalue weighted by Gasteiger charge is 2.29. The van der Waals surface area contributed by atoms with Crippen molar-refractivity contribution in [3.8, 4) is 0 Å². The zero-order valence-corrected chi connectivity index (χ0v) is 12.3. The molecular weight excluding hydrogens is 278 g/mol. The highest BCUT2D eigenvalue weighted by Crippen LogP contribution is 2.36. The third-order valence-corrected chi connectivity index (χ3v) is 5.56. The van der Waals surface area contributed by atoms with Crippen LogP contribution in [0.25, 0.3) is 0 Å². The zero-order chi connectivity index (χ0) is 12.8. The highest BCUT2D eigenvalue weighted by molar-refractivity contribution is 7.92. The fraction of sp³-hybridized carbons (Fsp3) is 0.545. The average Bonchev–Trinajstić information content (AvgIpc) is 2.41. The molecule has 2 heterocycles. The van der Waals surface area contributed by atoms with Gasteiger partial charge in [0.05, 0.1) is 4.34 Å². The van der Waals surface area contributed by atoms with Crippen LogP contribution in [0.2, 0.25) is 4.34 Å². The van der Waals surface area contributed by atoms with Gasteiger partial charge in [-0.25, -0.2) is 0 Å². The van der Waals surface area contributed by atoms with Crippen LogP contribution in [0.15, 0.2) is 14.7 Å². The zero-order valence-electron chi connectivity index (χ0n) is 9.95. The van der Waals surface area contributed by atoms with Crippen LogP contribution in [0.3, 0.4) is 0 Å². The third-order valence-electron chi connectivity index (χ3n) is 2.35. The van der Waals surface area contributed by atoms with E-state index >= 15 is 0 Å². The molecule has 0 saturated heterocycles. The minimum absolute atomic E-state index is 0.0334. The fourth-order valence-electron chi connectivity index (χ4n) is 1.89. The lowest BCUT2D eigenvalue weighted by molar-refractivity contribution is 0.432. The topological polar surface area (TPSA) is 46.5 Å². The van der Waals surface area contributed by atoms with Crippen molar-refractivity contribution >= 4 is 38.7 Å². The van der Waals surface area contributed by atoms with E-state index in [2.05, 4.69) is 25.2 Å². The molecule has 3 nitrogen and oxygen atoms in total. The number of hydrogen-bond donors (Lipinski definition) is 0. The largest absolute Gasteiger partial charge is 0.292 e. The van der Waals surface area contributed by atoms with Crippen molar-refractivity contribution in [1.82, 2.24) is 0 Å². The fourth-order valence-corrected chi connectivity index (χ4v) is 4.85. The van der Waals surface area contributed by atoms with Crippen molar-refractivity contribution in [1.29, 1.82) is 0 Å². The summed E-state index contributed by atoms with van der Waals surface area (Å²) in [5.74, 6) is 0. The summed E-state index contributed by atoms with van der Waals surface area (Å²) in [6, 6.07) is 1.73. The SMILES string of the molecule is CC(C)(C)CC1=NS(=O)(=O)c2sc(Cl)cc2C1. The maximum atomic E-state index is 11.9. The van der Waals surface area contributed by atoms with Gasteiger partial charge in [-0.15, -0.1) is 11.3 Å². The Labute approximate surface area is 111 Å². The van der Waals surface area contributed by atoms with E-state index in [1.165, 1.54) is 0 Å². The minimum Gasteiger partial charge on any atom is -0.198 e. The molecule has 1 aliphatic heterocycles. The number of halogens is 1. The number of thiophene rings is 1. The predicted molar refractivity (Wildman–Crippen MR) is 71.7 cm³/mol. The Morgan fingerprint density at radius 1 is 1.47 bits per heavy atom. The van der Waals surface area contributed by atoms with Gasteiger partial charge >= 0.3 is 0 Å². The molecule has 0 amide bonds. The summed E-state index contributed by atoms with van der Waals surface area (Å²) in [4.78, 5) is 0. The van der Waals surface area contributed by atoms with E-state index in [4.69, 9.17) is 11.6 Å². The van der Waals surface area contributed by atoms with Gasteiger partial charge in [-0.3, -0.25) is 0 Å². The second-order valence-electron chi connectivity index (χ2n) is 5.41. The molecule has 0 spiro atoms. The summed E-state index contributed by atoms with van der Waals surface area (Å²) in [5, 5.41) is 0. The average molecular weight is 292 g/mol. The van der Waals surface area contributed by atoms with Crippen molar-refractivity contribution in [3.63, 3.8) is 0 Å². The van der Waals surface area contributed by atoms with Gasteiger partial charge in [0.15, 0.2) is 0 Å². The van der Waals surface area contributed by atoms with E-state index in [0.29, 0.717) is 21.4 Å². The van der Waals surface area contributed by atoms with Crippen molar-refractivity contribution in [2.45, 2.75) is 37.8 Å². The van der Waals surface area contributed by atoms with Gasteiger partial charge in [0, 0.05) is 12.1 Å². The van der Waals surface area contributed by atoms with Crippen LogP contribution in [-0.2, 0) is 16.4 Å². The summed E-state index contributed by atoms with van der Waals surface area (Å²) < 4.78 is 28.6. The summed E-state index contributed by atoms with van der Waals surface area (Å²) in [6.45, 7) is 6.20. The molecule has 0 N–H and O–H groups in total. The first-order chi connectivity index (χ1) is 7.67. The Morgan fingerprint density at radius 3 is 2.71 bits per heavy atom. The van der Waals surface area contributed by atoms with Crippen molar-refractivity contribution in [2.24, 2.45) is 9.81 Å². The standard InChI is InChI=1S/C11H14ClNO2S2/c1-11(2,3)6-8-4-7-5-9(12)16-10(7)17(14,15)13-8/h5H,4,6H2,1-3H3. The smallest absolute Gasteiger partial charge is 0.198 e. The molecule has 0 aromatic carbocycles. The molecule has 1 aromatic rings. The first-order valence-corrected chi connectivity index (χ1v) is 7.92. The summed E-state index contributed by atoms with van der Waals surface area (Å²) in [5.41, 5.74) is 1.54. The first kappa shape index (κ1) is 13.1. The Morgan fingerprint density at radius 2 is 2.12 bits per heavy atom. The first-order valence-electron chi connectivity index (χ1n) is 5.28. The lowest BCUT2D eigenvalue weighted by Crippen LogP contribution is -2.20. The van der Waals surface area contributed by atoms with Gasteiger partial charge in [-0.1, -0.05) is 32.4 Å². The molecule has 17 heavy (non-hydrogen) atoms.